The van der Waals surface area contributed by atoms with Crippen molar-refractivity contribution in [2.75, 3.05) is 0 Å². The third-order valence-electron chi connectivity index (χ3n) is 2.60. The molecule has 18 heavy (non-hydrogen) atoms. The van der Waals surface area contributed by atoms with Gasteiger partial charge < -0.3 is 10.5 Å². The zero-order valence-corrected chi connectivity index (χ0v) is 10.5. The zero-order chi connectivity index (χ0) is 13.1. The summed E-state index contributed by atoms with van der Waals surface area (Å²) in [5.41, 5.74) is 8.44. The Labute approximate surface area is 107 Å². The quantitative estimate of drug-likeness (QED) is 0.638. The molecule has 0 aliphatic carbocycles. The van der Waals surface area contributed by atoms with E-state index < -0.39 is 0 Å². The Hall–Kier alpha value is -2.29. The van der Waals surface area contributed by atoms with Crippen molar-refractivity contribution in [2.45, 2.75) is 13.8 Å². The molecule has 0 amide bonds. The maximum atomic E-state index is 7.32. The van der Waals surface area contributed by atoms with Crippen LogP contribution in [0.25, 0.3) is 0 Å². The predicted octanol–water partition coefficient (Wildman–Crippen LogP) is 3.38. The van der Waals surface area contributed by atoms with E-state index in [1.165, 1.54) is 11.1 Å². The van der Waals surface area contributed by atoms with E-state index in [1.54, 1.807) is 12.1 Å². The van der Waals surface area contributed by atoms with Gasteiger partial charge in [0.05, 0.1) is 0 Å². The second kappa shape index (κ2) is 4.92. The molecular weight excluding hydrogens is 224 g/mol. The van der Waals surface area contributed by atoms with Crippen LogP contribution in [-0.2, 0) is 0 Å². The summed E-state index contributed by atoms with van der Waals surface area (Å²) in [6.45, 7) is 4.08. The highest BCUT2D eigenvalue weighted by molar-refractivity contribution is 5.94. The van der Waals surface area contributed by atoms with Crippen molar-refractivity contribution >= 4 is 5.84 Å². The largest absolute Gasteiger partial charge is 0.457 e. The van der Waals surface area contributed by atoms with E-state index in [1.807, 2.05) is 38.1 Å². The van der Waals surface area contributed by atoms with Crippen molar-refractivity contribution in [3.05, 3.63) is 59.2 Å². The van der Waals surface area contributed by atoms with Crippen LogP contribution in [0.4, 0.5) is 0 Å². The molecule has 2 rings (SSSR count). The first-order valence-electron chi connectivity index (χ1n) is 5.75. The van der Waals surface area contributed by atoms with Crippen LogP contribution in [0.2, 0.25) is 0 Å². The predicted molar refractivity (Wildman–Crippen MR) is 73.4 cm³/mol. The van der Waals surface area contributed by atoms with Crippen molar-refractivity contribution in [3.8, 4) is 11.5 Å². The molecule has 0 fully saturated rings. The molecule has 0 aliphatic rings. The third kappa shape index (κ3) is 2.88. The van der Waals surface area contributed by atoms with E-state index >= 15 is 0 Å². The van der Waals surface area contributed by atoms with Gasteiger partial charge in [0.15, 0.2) is 0 Å². The Balaban J connectivity index is 2.20. The van der Waals surface area contributed by atoms with Crippen molar-refractivity contribution < 1.29 is 4.74 Å². The molecule has 2 aromatic carbocycles. The highest BCUT2D eigenvalue weighted by atomic mass is 16.5. The van der Waals surface area contributed by atoms with Crippen molar-refractivity contribution in [1.82, 2.24) is 0 Å². The van der Waals surface area contributed by atoms with E-state index in [2.05, 4.69) is 6.07 Å². The van der Waals surface area contributed by atoms with Crippen LogP contribution in [0.3, 0.4) is 0 Å². The number of hydrogen-bond acceptors (Lipinski definition) is 2. The topological polar surface area (TPSA) is 59.1 Å². The first-order chi connectivity index (χ1) is 8.54. The van der Waals surface area contributed by atoms with Crippen LogP contribution < -0.4 is 10.5 Å². The molecule has 3 nitrogen and oxygen atoms in total. The molecule has 92 valence electrons. The fourth-order valence-electron chi connectivity index (χ4n) is 1.83. The Morgan fingerprint density at radius 2 is 1.50 bits per heavy atom. The number of nitrogens with two attached hydrogens (primary N) is 1. The van der Waals surface area contributed by atoms with Gasteiger partial charge in [-0.05, 0) is 61.4 Å². The lowest BCUT2D eigenvalue weighted by molar-refractivity contribution is 0.482. The van der Waals surface area contributed by atoms with Gasteiger partial charge in [-0.1, -0.05) is 6.07 Å². The zero-order valence-electron chi connectivity index (χ0n) is 10.5. The molecule has 0 aliphatic heterocycles. The first kappa shape index (κ1) is 12.2. The lowest BCUT2D eigenvalue weighted by Crippen LogP contribution is -2.10. The molecule has 0 aromatic heterocycles. The van der Waals surface area contributed by atoms with Gasteiger partial charge in [0.1, 0.15) is 17.3 Å². The molecule has 0 atom stereocenters. The van der Waals surface area contributed by atoms with Crippen LogP contribution in [0.1, 0.15) is 16.7 Å². The number of hydrogen-bond donors (Lipinski definition) is 2. The average molecular weight is 240 g/mol. The summed E-state index contributed by atoms with van der Waals surface area (Å²) >= 11 is 0. The molecule has 0 bridgehead atoms. The lowest BCUT2D eigenvalue weighted by Gasteiger charge is -2.08. The summed E-state index contributed by atoms with van der Waals surface area (Å²) in [6.07, 6.45) is 0. The SMILES string of the molecule is Cc1cc(C)cc(Oc2ccc(C(=N)N)cc2)c1. The molecule has 2 aromatic rings. The number of ether oxygens (including phenoxy) is 1. The number of amidine groups is 1. The van der Waals surface area contributed by atoms with Crippen molar-refractivity contribution in [3.63, 3.8) is 0 Å². The van der Waals surface area contributed by atoms with Gasteiger partial charge in [0, 0.05) is 5.56 Å². The summed E-state index contributed by atoms with van der Waals surface area (Å²) in [5, 5.41) is 7.32. The van der Waals surface area contributed by atoms with E-state index in [4.69, 9.17) is 15.9 Å². The lowest BCUT2D eigenvalue weighted by atomic mass is 10.1. The number of aryl methyl sites for hydroxylation is 2. The minimum atomic E-state index is 0.0629. The highest BCUT2D eigenvalue weighted by Gasteiger charge is 2.01. The van der Waals surface area contributed by atoms with Crippen LogP contribution >= 0.6 is 0 Å². The van der Waals surface area contributed by atoms with Gasteiger partial charge >= 0.3 is 0 Å². The van der Waals surface area contributed by atoms with Gasteiger partial charge in [-0.25, -0.2) is 0 Å². The maximum Gasteiger partial charge on any atom is 0.127 e. The smallest absolute Gasteiger partial charge is 0.127 e. The second-order valence-electron chi connectivity index (χ2n) is 4.36. The van der Waals surface area contributed by atoms with Crippen molar-refractivity contribution in [2.24, 2.45) is 5.73 Å². The summed E-state index contributed by atoms with van der Waals surface area (Å²) in [4.78, 5) is 0. The molecule has 3 heteroatoms. The summed E-state index contributed by atoms with van der Waals surface area (Å²) in [6, 6.07) is 13.3. The molecular formula is C15H16N2O. The van der Waals surface area contributed by atoms with Gasteiger partial charge in [-0.2, -0.15) is 0 Å². The molecule has 0 unspecified atom stereocenters. The van der Waals surface area contributed by atoms with E-state index in [0.29, 0.717) is 5.56 Å². The van der Waals surface area contributed by atoms with Gasteiger partial charge in [-0.15, -0.1) is 0 Å². The molecule has 0 saturated carbocycles. The summed E-state index contributed by atoms with van der Waals surface area (Å²) < 4.78 is 5.76. The molecule has 3 N–H and O–H groups in total. The Bertz CT molecular complexity index is 553. The van der Waals surface area contributed by atoms with Gasteiger partial charge in [-0.3, -0.25) is 5.41 Å². The minimum absolute atomic E-state index is 0.0629. The summed E-state index contributed by atoms with van der Waals surface area (Å²) in [5.74, 6) is 1.63. The van der Waals surface area contributed by atoms with E-state index in [9.17, 15) is 0 Å². The fourth-order valence-corrected chi connectivity index (χ4v) is 1.83. The normalized spacial score (nSPS) is 10.1. The second-order valence-corrected chi connectivity index (χ2v) is 4.36. The Kier molecular flexibility index (Phi) is 3.33. The van der Waals surface area contributed by atoms with Crippen LogP contribution in [0.5, 0.6) is 11.5 Å². The van der Waals surface area contributed by atoms with E-state index in [-0.39, 0.29) is 5.84 Å². The number of nitrogen functional groups attached to an aromatic ring is 1. The number of rotatable bonds is 3. The maximum absolute atomic E-state index is 7.32. The molecule has 0 spiro atoms. The van der Waals surface area contributed by atoms with Crippen LogP contribution in [0, 0.1) is 19.3 Å². The third-order valence-corrected chi connectivity index (χ3v) is 2.60. The van der Waals surface area contributed by atoms with E-state index in [0.717, 1.165) is 11.5 Å². The van der Waals surface area contributed by atoms with Crippen LogP contribution in [0.15, 0.2) is 42.5 Å². The monoisotopic (exact) mass is 240 g/mol. The van der Waals surface area contributed by atoms with Crippen molar-refractivity contribution in [1.29, 1.82) is 5.41 Å². The average Bonchev–Trinajstić information content (AvgIpc) is 2.28. The Morgan fingerprint density at radius 3 is 2.00 bits per heavy atom. The Morgan fingerprint density at radius 1 is 0.944 bits per heavy atom. The molecule has 0 radical (unpaired) electrons. The molecule has 0 saturated heterocycles. The fraction of sp³-hybridized carbons (Fsp3) is 0.133. The summed E-state index contributed by atoms with van der Waals surface area (Å²) in [7, 11) is 0. The molecule has 0 heterocycles. The van der Waals surface area contributed by atoms with Gasteiger partial charge in [0.2, 0.25) is 0 Å². The first-order valence-corrected chi connectivity index (χ1v) is 5.75. The number of nitrogens with one attached hydrogen (secondary N) is 1. The highest BCUT2D eigenvalue weighted by Crippen LogP contribution is 2.23. The number of benzene rings is 2. The van der Waals surface area contributed by atoms with Crippen LogP contribution in [-0.4, -0.2) is 5.84 Å². The van der Waals surface area contributed by atoms with Gasteiger partial charge in [0.25, 0.3) is 0 Å². The minimum Gasteiger partial charge on any atom is -0.457 e. The standard InChI is InChI=1S/C15H16N2O/c1-10-7-11(2)9-14(8-10)18-13-5-3-12(4-6-13)15(16)17/h3-9H,1-2H3,(H3,16,17).